The Morgan fingerprint density at radius 2 is 1.39 bits per heavy atom. The third-order valence-electron chi connectivity index (χ3n) is 8.25. The SMILES string of the molecule is CCOC(=O)CNC(=O)C(CSC1CC(=O)N(C[P+](c2ccccc2)(c2ccccc2)c2ccccc2)C1=O)NC(=O)CCC(N)C(=O)OCC. The normalized spacial score (nSPS) is 15.5. The van der Waals surface area contributed by atoms with E-state index in [1.165, 1.54) is 4.90 Å². The molecule has 0 aliphatic carbocycles. The van der Waals surface area contributed by atoms with Crippen molar-refractivity contribution < 1.29 is 38.2 Å². The number of thioether (sulfide) groups is 1. The molecule has 0 aromatic heterocycles. The molecular formula is C37H44N4O8PS+. The first-order valence-corrected chi connectivity index (χ1v) is 19.8. The standard InChI is InChI=1S/C37H43N4O8PS/c1-3-48-34(44)23-39-35(45)30(40-32(42)21-20-29(38)37(47)49-4-2)24-51-31-22-33(43)41(36(31)46)25-50(26-14-8-5-9-15-26,27-16-10-6-11-17-27)28-18-12-7-13-19-28/h5-19,29-31H,3-4,20-25,38H2,1-2H3,(H-,39,40,42,45)/p+1. The Balaban J connectivity index is 1.54. The molecule has 3 atom stereocenters. The lowest BCUT2D eigenvalue weighted by atomic mass is 10.1. The zero-order chi connectivity index (χ0) is 36.8. The van der Waals surface area contributed by atoms with Crippen LogP contribution in [-0.2, 0) is 38.2 Å². The van der Waals surface area contributed by atoms with Gasteiger partial charge in [0.1, 0.15) is 41.8 Å². The van der Waals surface area contributed by atoms with E-state index in [4.69, 9.17) is 15.2 Å². The lowest BCUT2D eigenvalue weighted by molar-refractivity contribution is -0.145. The Hall–Kier alpha value is -4.58. The van der Waals surface area contributed by atoms with Gasteiger partial charge in [0.2, 0.25) is 23.6 Å². The highest BCUT2D eigenvalue weighted by Gasteiger charge is 2.52. The van der Waals surface area contributed by atoms with Crippen molar-refractivity contribution in [3.63, 3.8) is 0 Å². The zero-order valence-electron chi connectivity index (χ0n) is 28.7. The molecule has 4 N–H and O–H groups in total. The number of hydrogen-bond acceptors (Lipinski definition) is 10. The van der Waals surface area contributed by atoms with E-state index in [2.05, 4.69) is 10.6 Å². The van der Waals surface area contributed by atoms with Crippen LogP contribution in [0.3, 0.4) is 0 Å². The van der Waals surface area contributed by atoms with Crippen molar-refractivity contribution in [1.29, 1.82) is 0 Å². The molecule has 0 radical (unpaired) electrons. The molecule has 14 heteroatoms. The molecule has 270 valence electrons. The first-order chi connectivity index (χ1) is 24.6. The Bertz CT molecular complexity index is 1570. The van der Waals surface area contributed by atoms with E-state index < -0.39 is 54.9 Å². The van der Waals surface area contributed by atoms with Crippen LogP contribution in [0.15, 0.2) is 91.0 Å². The van der Waals surface area contributed by atoms with Gasteiger partial charge in [0.05, 0.1) is 18.5 Å². The van der Waals surface area contributed by atoms with Gasteiger partial charge in [-0.1, -0.05) is 54.6 Å². The predicted octanol–water partition coefficient (Wildman–Crippen LogP) is 1.63. The minimum absolute atomic E-state index is 0.0192. The molecule has 0 saturated carbocycles. The van der Waals surface area contributed by atoms with E-state index >= 15 is 0 Å². The van der Waals surface area contributed by atoms with Gasteiger partial charge < -0.3 is 25.8 Å². The third-order valence-corrected chi connectivity index (χ3v) is 13.8. The highest BCUT2D eigenvalue weighted by atomic mass is 32.2. The van der Waals surface area contributed by atoms with Crippen LogP contribution in [0.25, 0.3) is 0 Å². The van der Waals surface area contributed by atoms with Crippen LogP contribution in [0.1, 0.15) is 33.1 Å². The lowest BCUT2D eigenvalue weighted by Gasteiger charge is -2.30. The van der Waals surface area contributed by atoms with Crippen LogP contribution in [-0.4, -0.2) is 89.6 Å². The second-order valence-electron chi connectivity index (χ2n) is 11.7. The Morgan fingerprint density at radius 3 is 1.90 bits per heavy atom. The number of amides is 4. The van der Waals surface area contributed by atoms with E-state index in [-0.39, 0.29) is 56.3 Å². The molecule has 3 aromatic carbocycles. The predicted molar refractivity (Wildman–Crippen MR) is 198 cm³/mol. The third kappa shape index (κ3) is 10.2. The Labute approximate surface area is 302 Å². The summed E-state index contributed by atoms with van der Waals surface area (Å²) in [6.07, 6.45) is -0.123. The molecule has 1 heterocycles. The number of carbonyl (C=O) groups excluding carboxylic acids is 6. The molecule has 0 spiro atoms. The van der Waals surface area contributed by atoms with E-state index in [0.29, 0.717) is 0 Å². The summed E-state index contributed by atoms with van der Waals surface area (Å²) in [6, 6.07) is 27.5. The minimum Gasteiger partial charge on any atom is -0.465 e. The number of hydrogen-bond donors (Lipinski definition) is 3. The van der Waals surface area contributed by atoms with Crippen LogP contribution < -0.4 is 32.3 Å². The summed E-state index contributed by atoms with van der Waals surface area (Å²) in [4.78, 5) is 79.0. The maximum Gasteiger partial charge on any atom is 0.325 e. The molecule has 4 rings (SSSR count). The average Bonchev–Trinajstić information content (AvgIpc) is 3.41. The molecule has 0 bridgehead atoms. The number of ether oxygens (including phenoxy) is 2. The van der Waals surface area contributed by atoms with Gasteiger partial charge in [-0.2, -0.15) is 0 Å². The second kappa shape index (κ2) is 19.1. The summed E-state index contributed by atoms with van der Waals surface area (Å²) in [5.41, 5.74) is 5.83. The van der Waals surface area contributed by atoms with E-state index in [0.717, 1.165) is 27.7 Å². The molecule has 1 aliphatic rings. The number of nitrogens with zero attached hydrogens (tertiary/aromatic N) is 1. The van der Waals surface area contributed by atoms with Gasteiger partial charge in [-0.25, -0.2) is 4.90 Å². The highest BCUT2D eigenvalue weighted by molar-refractivity contribution is 8.00. The van der Waals surface area contributed by atoms with Crippen molar-refractivity contribution in [3.05, 3.63) is 91.0 Å². The molecule has 12 nitrogen and oxygen atoms in total. The fourth-order valence-corrected chi connectivity index (χ4v) is 11.0. The molecule has 1 aliphatic heterocycles. The van der Waals surface area contributed by atoms with Gasteiger partial charge in [-0.3, -0.25) is 28.8 Å². The van der Waals surface area contributed by atoms with Gasteiger partial charge in [-0.05, 0) is 56.7 Å². The first kappa shape index (κ1) is 39.2. The van der Waals surface area contributed by atoms with E-state index in [1.807, 2.05) is 91.0 Å². The van der Waals surface area contributed by atoms with Crippen LogP contribution in [0.5, 0.6) is 0 Å². The number of benzene rings is 3. The average molecular weight is 736 g/mol. The summed E-state index contributed by atoms with van der Waals surface area (Å²) >= 11 is 1.08. The number of imide groups is 1. The maximum atomic E-state index is 14.1. The van der Waals surface area contributed by atoms with Crippen molar-refractivity contribution in [2.24, 2.45) is 5.73 Å². The minimum atomic E-state index is -2.56. The monoisotopic (exact) mass is 735 g/mol. The number of rotatable bonds is 18. The number of likely N-dealkylation sites (tertiary alicyclic amines) is 1. The number of carbonyl (C=O) groups is 6. The molecule has 1 fully saturated rings. The molecule has 51 heavy (non-hydrogen) atoms. The quantitative estimate of drug-likeness (QED) is 0.0991. The summed E-state index contributed by atoms with van der Waals surface area (Å²) in [7, 11) is -2.56. The topological polar surface area (TPSA) is 174 Å². The first-order valence-electron chi connectivity index (χ1n) is 16.8. The number of nitrogens with two attached hydrogens (primary N) is 1. The van der Waals surface area contributed by atoms with Gasteiger partial charge in [0, 0.05) is 18.6 Å². The van der Waals surface area contributed by atoms with E-state index in [9.17, 15) is 28.8 Å². The van der Waals surface area contributed by atoms with Gasteiger partial charge in [-0.15, -0.1) is 11.8 Å². The van der Waals surface area contributed by atoms with Gasteiger partial charge in [0.25, 0.3) is 0 Å². The zero-order valence-corrected chi connectivity index (χ0v) is 30.4. The fourth-order valence-electron chi connectivity index (χ4n) is 5.69. The van der Waals surface area contributed by atoms with Crippen molar-refractivity contribution in [2.45, 2.75) is 50.4 Å². The summed E-state index contributed by atoms with van der Waals surface area (Å²) in [6.45, 7) is 3.13. The van der Waals surface area contributed by atoms with Gasteiger partial charge in [0.15, 0.2) is 6.29 Å². The molecule has 3 aromatic rings. The molecular weight excluding hydrogens is 691 g/mol. The van der Waals surface area contributed by atoms with Crippen molar-refractivity contribution in [3.8, 4) is 0 Å². The largest absolute Gasteiger partial charge is 0.465 e. The smallest absolute Gasteiger partial charge is 0.325 e. The summed E-state index contributed by atoms with van der Waals surface area (Å²) < 4.78 is 9.78. The summed E-state index contributed by atoms with van der Waals surface area (Å²) in [5.74, 6) is -3.31. The maximum absolute atomic E-state index is 14.1. The summed E-state index contributed by atoms with van der Waals surface area (Å²) in [5, 5.41) is 7.33. The van der Waals surface area contributed by atoms with Crippen LogP contribution in [0.2, 0.25) is 0 Å². The van der Waals surface area contributed by atoms with Crippen LogP contribution >= 0.6 is 19.0 Å². The van der Waals surface area contributed by atoms with Gasteiger partial charge >= 0.3 is 11.9 Å². The molecule has 3 unspecified atom stereocenters. The van der Waals surface area contributed by atoms with Crippen molar-refractivity contribution in [1.82, 2.24) is 15.5 Å². The highest BCUT2D eigenvalue weighted by Crippen LogP contribution is 2.56. The number of nitrogens with one attached hydrogen (secondary N) is 2. The molecule has 4 amide bonds. The Morgan fingerprint density at radius 1 is 0.863 bits per heavy atom. The fraction of sp³-hybridized carbons (Fsp3) is 0.351. The van der Waals surface area contributed by atoms with E-state index in [1.54, 1.807) is 13.8 Å². The van der Waals surface area contributed by atoms with Crippen molar-refractivity contribution >= 4 is 70.5 Å². The van der Waals surface area contributed by atoms with Crippen molar-refractivity contribution in [2.75, 3.05) is 31.8 Å². The lowest BCUT2D eigenvalue weighted by Crippen LogP contribution is -2.50. The number of esters is 2. The molecule has 1 saturated heterocycles. The van der Waals surface area contributed by atoms with Crippen LogP contribution in [0.4, 0.5) is 0 Å². The second-order valence-corrected chi connectivity index (χ2v) is 16.4. The van der Waals surface area contributed by atoms with Crippen LogP contribution in [0, 0.1) is 0 Å². The Kier molecular flexibility index (Phi) is 14.7.